The topological polar surface area (TPSA) is 17.1 Å². The Labute approximate surface area is 91.5 Å². The van der Waals surface area contributed by atoms with Gasteiger partial charge in [-0.15, -0.1) is 0 Å². The molecule has 0 atom stereocenters. The van der Waals surface area contributed by atoms with Crippen LogP contribution in [-0.4, -0.2) is 6.29 Å². The molecule has 0 aliphatic heterocycles. The second kappa shape index (κ2) is 3.80. The van der Waals surface area contributed by atoms with Crippen molar-refractivity contribution in [3.63, 3.8) is 0 Å². The van der Waals surface area contributed by atoms with Crippen molar-refractivity contribution in [2.75, 3.05) is 0 Å². The number of aldehydes is 1. The first-order chi connectivity index (χ1) is 7.16. The van der Waals surface area contributed by atoms with E-state index in [9.17, 15) is 4.79 Å². The Kier molecular flexibility index (Phi) is 2.64. The standard InChI is InChI=1S/C14H18O/c1-11(2)9-12-3-5-13(6-4-12)14(10-15)7-8-14/h3-6,10-11H,7-9H2,1-2H3. The zero-order chi connectivity index (χ0) is 10.9. The molecule has 1 nitrogen and oxygen atoms in total. The molecular formula is C14H18O. The van der Waals surface area contributed by atoms with Gasteiger partial charge in [-0.2, -0.15) is 0 Å². The van der Waals surface area contributed by atoms with Crippen LogP contribution in [0.15, 0.2) is 24.3 Å². The summed E-state index contributed by atoms with van der Waals surface area (Å²) in [6.07, 6.45) is 4.29. The summed E-state index contributed by atoms with van der Waals surface area (Å²) >= 11 is 0. The molecule has 1 aromatic rings. The van der Waals surface area contributed by atoms with Crippen LogP contribution < -0.4 is 0 Å². The van der Waals surface area contributed by atoms with Crippen molar-refractivity contribution in [2.45, 2.75) is 38.5 Å². The lowest BCUT2D eigenvalue weighted by atomic mass is 9.94. The predicted octanol–water partition coefficient (Wildman–Crippen LogP) is 3.12. The van der Waals surface area contributed by atoms with E-state index in [-0.39, 0.29) is 5.41 Å². The van der Waals surface area contributed by atoms with E-state index in [0.717, 1.165) is 25.5 Å². The Morgan fingerprint density at radius 1 is 1.27 bits per heavy atom. The van der Waals surface area contributed by atoms with Gasteiger partial charge in [0.15, 0.2) is 0 Å². The molecule has 1 aliphatic rings. The summed E-state index contributed by atoms with van der Waals surface area (Å²) in [7, 11) is 0. The van der Waals surface area contributed by atoms with Crippen molar-refractivity contribution < 1.29 is 4.79 Å². The summed E-state index contributed by atoms with van der Waals surface area (Å²) in [5, 5.41) is 0. The van der Waals surface area contributed by atoms with Gasteiger partial charge in [0.2, 0.25) is 0 Å². The Morgan fingerprint density at radius 2 is 1.87 bits per heavy atom. The molecule has 1 heteroatoms. The fourth-order valence-corrected chi connectivity index (χ4v) is 2.05. The number of benzene rings is 1. The summed E-state index contributed by atoms with van der Waals surface area (Å²) in [5.74, 6) is 0.691. The summed E-state index contributed by atoms with van der Waals surface area (Å²) in [6, 6.07) is 8.58. The van der Waals surface area contributed by atoms with Gasteiger partial charge in [-0.1, -0.05) is 38.1 Å². The summed E-state index contributed by atoms with van der Waals surface area (Å²) in [5.41, 5.74) is 2.46. The van der Waals surface area contributed by atoms with E-state index in [1.807, 2.05) is 0 Å². The van der Waals surface area contributed by atoms with Gasteiger partial charge in [0.25, 0.3) is 0 Å². The van der Waals surface area contributed by atoms with Gasteiger partial charge in [0.1, 0.15) is 6.29 Å². The Bertz CT molecular complexity index is 344. The second-order valence-electron chi connectivity index (χ2n) is 5.07. The molecule has 0 heterocycles. The second-order valence-corrected chi connectivity index (χ2v) is 5.07. The minimum absolute atomic E-state index is 0.115. The summed E-state index contributed by atoms with van der Waals surface area (Å²) in [4.78, 5) is 11.0. The van der Waals surface area contributed by atoms with Crippen molar-refractivity contribution in [1.82, 2.24) is 0 Å². The molecule has 1 fully saturated rings. The molecule has 0 unspecified atom stereocenters. The first-order valence-corrected chi connectivity index (χ1v) is 5.72. The van der Waals surface area contributed by atoms with Crippen LogP contribution >= 0.6 is 0 Å². The maximum atomic E-state index is 11.0. The Balaban J connectivity index is 2.14. The van der Waals surface area contributed by atoms with Crippen LogP contribution in [0.4, 0.5) is 0 Å². The van der Waals surface area contributed by atoms with Crippen LogP contribution in [0.1, 0.15) is 37.8 Å². The molecule has 2 rings (SSSR count). The smallest absolute Gasteiger partial charge is 0.130 e. The lowest BCUT2D eigenvalue weighted by Crippen LogP contribution is -2.07. The fourth-order valence-electron chi connectivity index (χ4n) is 2.05. The van der Waals surface area contributed by atoms with Crippen LogP contribution in [0.5, 0.6) is 0 Å². The number of rotatable bonds is 4. The molecule has 0 N–H and O–H groups in total. The minimum atomic E-state index is -0.115. The van der Waals surface area contributed by atoms with Crippen molar-refractivity contribution in [3.05, 3.63) is 35.4 Å². The average Bonchev–Trinajstić information content (AvgIpc) is 2.99. The van der Waals surface area contributed by atoms with E-state index in [1.165, 1.54) is 11.1 Å². The molecule has 0 spiro atoms. The van der Waals surface area contributed by atoms with Crippen LogP contribution in [-0.2, 0) is 16.6 Å². The molecule has 0 aromatic heterocycles. The molecule has 1 aliphatic carbocycles. The quantitative estimate of drug-likeness (QED) is 0.686. The van der Waals surface area contributed by atoms with Gasteiger partial charge in [-0.05, 0) is 36.3 Å². The van der Waals surface area contributed by atoms with Crippen molar-refractivity contribution in [1.29, 1.82) is 0 Å². The molecule has 15 heavy (non-hydrogen) atoms. The van der Waals surface area contributed by atoms with Gasteiger partial charge in [0.05, 0.1) is 5.41 Å². The highest BCUT2D eigenvalue weighted by atomic mass is 16.1. The lowest BCUT2D eigenvalue weighted by Gasteiger charge is -2.09. The van der Waals surface area contributed by atoms with Crippen LogP contribution in [0.3, 0.4) is 0 Å². The van der Waals surface area contributed by atoms with E-state index in [0.29, 0.717) is 5.92 Å². The zero-order valence-electron chi connectivity index (χ0n) is 9.49. The highest BCUT2D eigenvalue weighted by molar-refractivity contribution is 5.73. The SMILES string of the molecule is CC(C)Cc1ccc(C2(C=O)CC2)cc1. The third-order valence-electron chi connectivity index (χ3n) is 3.19. The minimum Gasteiger partial charge on any atom is -0.302 e. The van der Waals surface area contributed by atoms with Gasteiger partial charge < -0.3 is 4.79 Å². The molecule has 1 aromatic carbocycles. The molecule has 1 saturated carbocycles. The van der Waals surface area contributed by atoms with Crippen molar-refractivity contribution in [3.8, 4) is 0 Å². The van der Waals surface area contributed by atoms with E-state index in [2.05, 4.69) is 38.1 Å². The van der Waals surface area contributed by atoms with Gasteiger partial charge in [0, 0.05) is 0 Å². The molecule has 80 valence electrons. The largest absolute Gasteiger partial charge is 0.302 e. The van der Waals surface area contributed by atoms with Crippen molar-refractivity contribution >= 4 is 6.29 Å². The van der Waals surface area contributed by atoms with Gasteiger partial charge >= 0.3 is 0 Å². The lowest BCUT2D eigenvalue weighted by molar-refractivity contribution is -0.109. The maximum Gasteiger partial charge on any atom is 0.130 e. The Morgan fingerprint density at radius 3 is 2.27 bits per heavy atom. The summed E-state index contributed by atoms with van der Waals surface area (Å²) in [6.45, 7) is 4.45. The molecular weight excluding hydrogens is 184 g/mol. The monoisotopic (exact) mass is 202 g/mol. The number of hydrogen-bond donors (Lipinski definition) is 0. The van der Waals surface area contributed by atoms with Crippen LogP contribution in [0.2, 0.25) is 0 Å². The van der Waals surface area contributed by atoms with Gasteiger partial charge in [-0.3, -0.25) is 0 Å². The predicted molar refractivity (Wildman–Crippen MR) is 62.0 cm³/mol. The zero-order valence-corrected chi connectivity index (χ0v) is 9.49. The van der Waals surface area contributed by atoms with E-state index < -0.39 is 0 Å². The van der Waals surface area contributed by atoms with Crippen molar-refractivity contribution in [2.24, 2.45) is 5.92 Å². The maximum absolute atomic E-state index is 11.0. The van der Waals surface area contributed by atoms with Crippen LogP contribution in [0.25, 0.3) is 0 Å². The third-order valence-corrected chi connectivity index (χ3v) is 3.19. The number of hydrogen-bond acceptors (Lipinski definition) is 1. The highest BCUT2D eigenvalue weighted by Crippen LogP contribution is 2.46. The van der Waals surface area contributed by atoms with E-state index in [1.54, 1.807) is 0 Å². The fraction of sp³-hybridized carbons (Fsp3) is 0.500. The molecule has 0 saturated heterocycles. The molecule has 0 radical (unpaired) electrons. The van der Waals surface area contributed by atoms with E-state index in [4.69, 9.17) is 0 Å². The number of carbonyl (C=O) groups is 1. The average molecular weight is 202 g/mol. The first kappa shape index (κ1) is 10.4. The summed E-state index contributed by atoms with van der Waals surface area (Å²) < 4.78 is 0. The van der Waals surface area contributed by atoms with Gasteiger partial charge in [-0.25, -0.2) is 0 Å². The van der Waals surface area contributed by atoms with E-state index >= 15 is 0 Å². The molecule has 0 bridgehead atoms. The first-order valence-electron chi connectivity index (χ1n) is 5.72. The Hall–Kier alpha value is -1.11. The number of carbonyl (C=O) groups excluding carboxylic acids is 1. The molecule has 0 amide bonds. The highest BCUT2D eigenvalue weighted by Gasteiger charge is 2.43. The normalized spacial score (nSPS) is 17.8. The third kappa shape index (κ3) is 2.11. The van der Waals surface area contributed by atoms with Crippen LogP contribution in [0, 0.1) is 5.92 Å².